The maximum absolute atomic E-state index is 8.05. The highest BCUT2D eigenvalue weighted by atomic mass is 31.1. The number of hydrogen-bond acceptors (Lipinski definition) is 4. The van der Waals surface area contributed by atoms with Gasteiger partial charge in [0.15, 0.2) is 0 Å². The van der Waals surface area contributed by atoms with Crippen molar-refractivity contribution in [3.63, 3.8) is 0 Å². The van der Waals surface area contributed by atoms with Crippen molar-refractivity contribution in [2.75, 3.05) is 13.2 Å². The Morgan fingerprint density at radius 2 is 0.541 bits per heavy atom. The second kappa shape index (κ2) is 23.4. The van der Waals surface area contributed by atoms with E-state index in [2.05, 4.69) is 303 Å². The third-order valence-electron chi connectivity index (χ3n) is 14.0. The lowest BCUT2D eigenvalue weighted by Gasteiger charge is -2.39. The van der Waals surface area contributed by atoms with Crippen LogP contribution in [0, 0.1) is 0 Å². The molecule has 0 amide bonds. The van der Waals surface area contributed by atoms with Crippen molar-refractivity contribution in [2.45, 2.75) is 35.2 Å². The summed E-state index contributed by atoms with van der Waals surface area (Å²) in [5, 5.41) is 4.72. The summed E-state index contributed by atoms with van der Waals surface area (Å²) in [6.07, 6.45) is -1.52. The van der Waals surface area contributed by atoms with Crippen LogP contribution in [0.3, 0.4) is 0 Å². The van der Waals surface area contributed by atoms with Gasteiger partial charge in [-0.25, -0.2) is 0 Å². The molecule has 0 N–H and O–H groups in total. The van der Waals surface area contributed by atoms with Crippen molar-refractivity contribution in [2.24, 2.45) is 0 Å². The number of ether oxygens (including phenoxy) is 3. The van der Waals surface area contributed by atoms with Crippen LogP contribution in [-0.4, -0.2) is 37.2 Å². The minimum Gasteiger partial charge on any atom is -0.367 e. The molecular formula is C68H58O4P2. The highest BCUT2D eigenvalue weighted by molar-refractivity contribution is 7.74. The van der Waals surface area contributed by atoms with Crippen LogP contribution in [0.5, 0.6) is 0 Å². The van der Waals surface area contributed by atoms with Gasteiger partial charge in [-0.2, -0.15) is 0 Å². The first kappa shape index (κ1) is 49.1. The van der Waals surface area contributed by atoms with Gasteiger partial charge in [0.25, 0.3) is 0 Å². The maximum Gasteiger partial charge on any atom is 0.143 e. The zero-order chi connectivity index (χ0) is 49.8. The van der Waals surface area contributed by atoms with Crippen molar-refractivity contribution in [3.8, 4) is 0 Å². The molecule has 0 aromatic heterocycles. The molecule has 6 heteroatoms. The molecule has 11 rings (SSSR count). The van der Waals surface area contributed by atoms with Gasteiger partial charge in [0.1, 0.15) is 23.4 Å². The highest BCUT2D eigenvalue weighted by Crippen LogP contribution is 2.54. The standard InChI is InChI=1S/C68H58O4P2/c1-11-31-53(32-12-1)67(54-33-13-2-14-34-54,55-35-15-3-16-36-55)69-51-63-65(72-74(61-47-27-9-28-48-61)62-49-29-10-30-50-62)66(73(59-43-23-7-24-44-59)60-45-25-8-26-46-60)64(71-63)52-70-68(56-37-17-4-18-38-56,57-39-19-5-20-40-57)58-41-21-6-22-42-58/h1-50,63-66H,51-52H2. The molecule has 0 spiro atoms. The predicted octanol–water partition coefficient (Wildman–Crippen LogP) is 13.7. The smallest absolute Gasteiger partial charge is 0.143 e. The van der Waals surface area contributed by atoms with Gasteiger partial charge in [-0.15, -0.1) is 0 Å². The third-order valence-corrected chi connectivity index (χ3v) is 18.9. The Bertz CT molecular complexity index is 2960. The van der Waals surface area contributed by atoms with Crippen LogP contribution in [-0.2, 0) is 29.9 Å². The Balaban J connectivity index is 1.11. The predicted molar refractivity (Wildman–Crippen MR) is 306 cm³/mol. The van der Waals surface area contributed by atoms with Crippen LogP contribution >= 0.6 is 16.1 Å². The van der Waals surface area contributed by atoms with Gasteiger partial charge in [-0.1, -0.05) is 303 Å². The zero-order valence-corrected chi connectivity index (χ0v) is 42.9. The lowest BCUT2D eigenvalue weighted by molar-refractivity contribution is -0.101. The molecule has 1 heterocycles. The van der Waals surface area contributed by atoms with Crippen LogP contribution in [0.15, 0.2) is 303 Å². The minimum atomic E-state index is -1.37. The van der Waals surface area contributed by atoms with E-state index in [1.54, 1.807) is 0 Å². The fourth-order valence-electron chi connectivity index (χ4n) is 10.7. The van der Waals surface area contributed by atoms with Crippen LogP contribution in [0.4, 0.5) is 0 Å². The molecule has 4 unspecified atom stereocenters. The first-order chi connectivity index (χ1) is 36.7. The Hall–Kier alpha value is -7.10. The minimum absolute atomic E-state index is 0.205. The SMILES string of the molecule is c1ccc(P(OC2C(COC(c3ccccc3)(c3ccccc3)c3ccccc3)OC(COC(c3ccccc3)(c3ccccc3)c3ccccc3)C2P(c2ccccc2)c2ccccc2)c2ccccc2)cc1. The molecule has 1 aliphatic heterocycles. The summed E-state index contributed by atoms with van der Waals surface area (Å²) in [5.74, 6) is 0. The van der Waals surface area contributed by atoms with Crippen molar-refractivity contribution in [3.05, 3.63) is 337 Å². The normalized spacial score (nSPS) is 16.8. The summed E-state index contributed by atoms with van der Waals surface area (Å²) in [5.41, 5.74) is 3.94. The van der Waals surface area contributed by atoms with Crippen molar-refractivity contribution in [1.29, 1.82) is 0 Å². The zero-order valence-electron chi connectivity index (χ0n) is 41.1. The Kier molecular flexibility index (Phi) is 15.5. The quantitative estimate of drug-likeness (QED) is 0.0597. The molecule has 74 heavy (non-hydrogen) atoms. The van der Waals surface area contributed by atoms with Crippen molar-refractivity contribution >= 4 is 37.3 Å². The fourth-order valence-corrected chi connectivity index (χ4v) is 15.7. The van der Waals surface area contributed by atoms with E-state index in [9.17, 15) is 0 Å². The topological polar surface area (TPSA) is 36.9 Å². The van der Waals surface area contributed by atoms with E-state index in [0.29, 0.717) is 0 Å². The second-order valence-corrected chi connectivity index (χ2v) is 22.7. The molecule has 10 aromatic carbocycles. The summed E-state index contributed by atoms with van der Waals surface area (Å²) in [6.45, 7) is 0.449. The molecule has 0 bridgehead atoms. The van der Waals surface area contributed by atoms with Crippen LogP contribution < -0.4 is 21.2 Å². The van der Waals surface area contributed by atoms with E-state index in [4.69, 9.17) is 18.7 Å². The molecule has 4 nitrogen and oxygen atoms in total. The highest BCUT2D eigenvalue weighted by Gasteiger charge is 2.53. The van der Waals surface area contributed by atoms with Crippen molar-refractivity contribution < 1.29 is 18.7 Å². The third kappa shape index (κ3) is 10.2. The molecule has 364 valence electrons. The van der Waals surface area contributed by atoms with Gasteiger partial charge in [0.2, 0.25) is 0 Å². The van der Waals surface area contributed by atoms with E-state index in [0.717, 1.165) is 44.0 Å². The van der Waals surface area contributed by atoms with Gasteiger partial charge < -0.3 is 18.7 Å². The number of benzene rings is 10. The first-order valence-corrected chi connectivity index (χ1v) is 28.1. The summed E-state index contributed by atoms with van der Waals surface area (Å²) in [6, 6.07) is 107. The van der Waals surface area contributed by atoms with E-state index >= 15 is 0 Å². The molecule has 1 aliphatic rings. The van der Waals surface area contributed by atoms with Gasteiger partial charge >= 0.3 is 0 Å². The van der Waals surface area contributed by atoms with E-state index in [1.807, 2.05) is 0 Å². The Labute approximate surface area is 438 Å². The van der Waals surface area contributed by atoms with Crippen molar-refractivity contribution in [1.82, 2.24) is 0 Å². The molecule has 1 saturated heterocycles. The van der Waals surface area contributed by atoms with Gasteiger partial charge in [0.05, 0.1) is 27.5 Å². The summed E-state index contributed by atoms with van der Waals surface area (Å²) in [7, 11) is -2.55. The monoisotopic (exact) mass is 1000 g/mol. The first-order valence-electron chi connectivity index (χ1n) is 25.5. The summed E-state index contributed by atoms with van der Waals surface area (Å²) < 4.78 is 31.5. The number of rotatable bonds is 19. The molecule has 10 aromatic rings. The van der Waals surface area contributed by atoms with E-state index in [1.165, 1.54) is 10.6 Å². The van der Waals surface area contributed by atoms with Gasteiger partial charge in [-0.05, 0) is 51.9 Å². The maximum atomic E-state index is 8.05. The summed E-state index contributed by atoms with van der Waals surface area (Å²) >= 11 is 0. The Morgan fingerprint density at radius 3 is 0.824 bits per heavy atom. The fraction of sp³-hybridized carbons (Fsp3) is 0.118. The largest absolute Gasteiger partial charge is 0.367 e. The van der Waals surface area contributed by atoms with Crippen LogP contribution in [0.2, 0.25) is 0 Å². The molecule has 0 saturated carbocycles. The summed E-state index contributed by atoms with van der Waals surface area (Å²) in [4.78, 5) is 0. The van der Waals surface area contributed by atoms with E-state index in [-0.39, 0.29) is 18.9 Å². The van der Waals surface area contributed by atoms with E-state index < -0.39 is 45.6 Å². The van der Waals surface area contributed by atoms with Gasteiger partial charge in [-0.3, -0.25) is 0 Å². The van der Waals surface area contributed by atoms with Crippen LogP contribution in [0.1, 0.15) is 33.4 Å². The Morgan fingerprint density at radius 1 is 0.297 bits per heavy atom. The van der Waals surface area contributed by atoms with Crippen LogP contribution in [0.25, 0.3) is 0 Å². The second-order valence-electron chi connectivity index (χ2n) is 18.5. The molecule has 0 aliphatic carbocycles. The number of hydrogen-bond donors (Lipinski definition) is 0. The lowest BCUT2D eigenvalue weighted by atomic mass is 9.80. The van der Waals surface area contributed by atoms with Gasteiger partial charge in [0, 0.05) is 16.3 Å². The average molecular weight is 1000 g/mol. The molecule has 4 atom stereocenters. The average Bonchev–Trinajstić information content (AvgIpc) is 3.83. The molecule has 0 radical (unpaired) electrons. The molecular weight excluding hydrogens is 943 g/mol. The lowest BCUT2D eigenvalue weighted by Crippen LogP contribution is -2.43. The molecule has 1 fully saturated rings.